The number of urea groups is 1. The van der Waals surface area contributed by atoms with Crippen molar-refractivity contribution in [1.82, 2.24) is 10.6 Å². The van der Waals surface area contributed by atoms with Crippen molar-refractivity contribution in [2.24, 2.45) is 5.73 Å². The van der Waals surface area contributed by atoms with Gasteiger partial charge in [-0.15, -0.1) is 0 Å². The molecule has 0 spiro atoms. The van der Waals surface area contributed by atoms with Crippen molar-refractivity contribution >= 4 is 11.9 Å². The second kappa shape index (κ2) is 5.36. The van der Waals surface area contributed by atoms with Crippen LogP contribution >= 0.6 is 0 Å². The summed E-state index contributed by atoms with van der Waals surface area (Å²) in [6.07, 6.45) is 0. The van der Waals surface area contributed by atoms with E-state index in [4.69, 9.17) is 10.8 Å². The summed E-state index contributed by atoms with van der Waals surface area (Å²) in [5.74, 6) is -0.372. The van der Waals surface area contributed by atoms with E-state index in [0.29, 0.717) is 0 Å². The van der Waals surface area contributed by atoms with Crippen LogP contribution in [0.1, 0.15) is 6.92 Å². The van der Waals surface area contributed by atoms with E-state index in [1.54, 1.807) is 0 Å². The lowest BCUT2D eigenvalue weighted by Crippen LogP contribution is -2.47. The van der Waals surface area contributed by atoms with Gasteiger partial charge in [-0.25, -0.2) is 4.79 Å². The van der Waals surface area contributed by atoms with Crippen LogP contribution in [0.4, 0.5) is 4.79 Å². The Morgan fingerprint density at radius 3 is 2.58 bits per heavy atom. The van der Waals surface area contributed by atoms with Gasteiger partial charge in [-0.2, -0.15) is 0 Å². The van der Waals surface area contributed by atoms with Gasteiger partial charge < -0.3 is 21.5 Å². The highest BCUT2D eigenvalue weighted by Gasteiger charge is 2.12. The molecule has 0 aliphatic rings. The molecule has 70 valence electrons. The second-order valence-electron chi connectivity index (χ2n) is 2.24. The predicted octanol–water partition coefficient (Wildman–Crippen LogP) is -1.85. The van der Waals surface area contributed by atoms with Crippen molar-refractivity contribution in [3.8, 4) is 0 Å². The largest absolute Gasteiger partial charge is 0.395 e. The molecule has 6 heteroatoms. The van der Waals surface area contributed by atoms with E-state index >= 15 is 0 Å². The quantitative estimate of drug-likeness (QED) is 0.403. The smallest absolute Gasteiger partial charge is 0.312 e. The molecule has 0 aromatic carbocycles. The van der Waals surface area contributed by atoms with Crippen molar-refractivity contribution in [2.75, 3.05) is 13.2 Å². The van der Waals surface area contributed by atoms with Crippen molar-refractivity contribution in [3.05, 3.63) is 0 Å². The Morgan fingerprint density at radius 1 is 1.58 bits per heavy atom. The SMILES string of the molecule is CC(NC(N)=O)C(=O)NCCO. The van der Waals surface area contributed by atoms with Crippen LogP contribution in [0, 0.1) is 0 Å². The number of primary amides is 1. The summed E-state index contributed by atoms with van der Waals surface area (Å²) in [4.78, 5) is 21.2. The zero-order chi connectivity index (χ0) is 9.56. The van der Waals surface area contributed by atoms with Gasteiger partial charge in [-0.3, -0.25) is 4.79 Å². The lowest BCUT2D eigenvalue weighted by Gasteiger charge is -2.11. The van der Waals surface area contributed by atoms with Gasteiger partial charge in [-0.05, 0) is 6.92 Å². The Bertz CT molecular complexity index is 171. The molecule has 3 amide bonds. The van der Waals surface area contributed by atoms with Crippen LogP contribution < -0.4 is 16.4 Å². The Kier molecular flexibility index (Phi) is 4.78. The average Bonchev–Trinajstić information content (AvgIpc) is 1.98. The number of aliphatic hydroxyl groups is 1. The monoisotopic (exact) mass is 175 g/mol. The minimum absolute atomic E-state index is 0.130. The van der Waals surface area contributed by atoms with Crippen molar-refractivity contribution in [3.63, 3.8) is 0 Å². The molecule has 0 saturated heterocycles. The molecule has 1 atom stereocenters. The highest BCUT2D eigenvalue weighted by molar-refractivity contribution is 5.86. The number of nitrogens with two attached hydrogens (primary N) is 1. The lowest BCUT2D eigenvalue weighted by molar-refractivity contribution is -0.122. The lowest BCUT2D eigenvalue weighted by atomic mass is 10.3. The number of amides is 3. The summed E-state index contributed by atoms with van der Waals surface area (Å²) in [5.41, 5.74) is 4.78. The summed E-state index contributed by atoms with van der Waals surface area (Å²) in [6, 6.07) is -1.42. The van der Waals surface area contributed by atoms with E-state index in [1.807, 2.05) is 0 Å². The zero-order valence-corrected chi connectivity index (χ0v) is 6.83. The normalized spacial score (nSPS) is 11.8. The van der Waals surface area contributed by atoms with Gasteiger partial charge in [0.2, 0.25) is 5.91 Å². The van der Waals surface area contributed by atoms with Crippen LogP contribution in [0.2, 0.25) is 0 Å². The third kappa shape index (κ3) is 4.51. The van der Waals surface area contributed by atoms with Crippen LogP contribution in [0.25, 0.3) is 0 Å². The Balaban J connectivity index is 3.69. The van der Waals surface area contributed by atoms with E-state index in [0.717, 1.165) is 0 Å². The van der Waals surface area contributed by atoms with Crippen LogP contribution in [0.3, 0.4) is 0 Å². The Labute approximate surface area is 70.1 Å². The molecular formula is C6H13N3O3. The zero-order valence-electron chi connectivity index (χ0n) is 6.83. The average molecular weight is 175 g/mol. The predicted molar refractivity (Wildman–Crippen MR) is 42.3 cm³/mol. The third-order valence-electron chi connectivity index (χ3n) is 1.16. The number of carbonyl (C=O) groups is 2. The second-order valence-corrected chi connectivity index (χ2v) is 2.24. The molecule has 1 unspecified atom stereocenters. The van der Waals surface area contributed by atoms with Crippen LogP contribution in [0.15, 0.2) is 0 Å². The van der Waals surface area contributed by atoms with Crippen LogP contribution in [-0.4, -0.2) is 36.2 Å². The molecule has 0 fully saturated rings. The molecule has 5 N–H and O–H groups in total. The number of carbonyl (C=O) groups excluding carboxylic acids is 2. The maximum absolute atomic E-state index is 10.9. The molecule has 0 aromatic heterocycles. The highest BCUT2D eigenvalue weighted by atomic mass is 16.3. The molecule has 12 heavy (non-hydrogen) atoms. The molecule has 0 aliphatic heterocycles. The maximum atomic E-state index is 10.9. The first-order chi connectivity index (χ1) is 5.57. The van der Waals surface area contributed by atoms with E-state index < -0.39 is 12.1 Å². The standard InChI is InChI=1S/C6H13N3O3/c1-4(9-6(7)12)5(11)8-2-3-10/h4,10H,2-3H2,1H3,(H,8,11)(H3,7,9,12). The minimum Gasteiger partial charge on any atom is -0.395 e. The first kappa shape index (κ1) is 10.7. The number of nitrogens with one attached hydrogen (secondary N) is 2. The van der Waals surface area contributed by atoms with E-state index in [2.05, 4.69) is 10.6 Å². The van der Waals surface area contributed by atoms with Crippen molar-refractivity contribution in [1.29, 1.82) is 0 Å². The van der Waals surface area contributed by atoms with Gasteiger partial charge in [0.1, 0.15) is 6.04 Å². The molecule has 0 heterocycles. The van der Waals surface area contributed by atoms with Gasteiger partial charge in [0.05, 0.1) is 6.61 Å². The summed E-state index contributed by atoms with van der Waals surface area (Å²) in [5, 5.41) is 12.9. The molecule has 0 aliphatic carbocycles. The molecule has 6 nitrogen and oxygen atoms in total. The fraction of sp³-hybridized carbons (Fsp3) is 0.667. The van der Waals surface area contributed by atoms with Gasteiger partial charge in [0, 0.05) is 6.54 Å². The van der Waals surface area contributed by atoms with Gasteiger partial charge in [0.15, 0.2) is 0 Å². The fourth-order valence-corrected chi connectivity index (χ4v) is 0.611. The highest BCUT2D eigenvalue weighted by Crippen LogP contribution is 1.79. The topological polar surface area (TPSA) is 104 Å². The number of aliphatic hydroxyl groups excluding tert-OH is 1. The molecule has 0 radical (unpaired) electrons. The molecule has 0 saturated carbocycles. The van der Waals surface area contributed by atoms with E-state index in [9.17, 15) is 9.59 Å². The first-order valence-corrected chi connectivity index (χ1v) is 3.52. The number of rotatable bonds is 4. The Morgan fingerprint density at radius 2 is 2.17 bits per heavy atom. The first-order valence-electron chi connectivity index (χ1n) is 3.52. The van der Waals surface area contributed by atoms with E-state index in [-0.39, 0.29) is 19.1 Å². The van der Waals surface area contributed by atoms with E-state index in [1.165, 1.54) is 6.92 Å². The third-order valence-corrected chi connectivity index (χ3v) is 1.16. The molecule has 0 rings (SSSR count). The van der Waals surface area contributed by atoms with Gasteiger partial charge in [0.25, 0.3) is 0 Å². The van der Waals surface area contributed by atoms with Crippen molar-refractivity contribution in [2.45, 2.75) is 13.0 Å². The summed E-state index contributed by atoms with van der Waals surface area (Å²) in [7, 11) is 0. The van der Waals surface area contributed by atoms with Gasteiger partial charge in [-0.1, -0.05) is 0 Å². The maximum Gasteiger partial charge on any atom is 0.312 e. The van der Waals surface area contributed by atoms with Crippen LogP contribution in [0.5, 0.6) is 0 Å². The summed E-state index contributed by atoms with van der Waals surface area (Å²) >= 11 is 0. The molecular weight excluding hydrogens is 162 g/mol. The number of hydrogen-bond donors (Lipinski definition) is 4. The van der Waals surface area contributed by atoms with Crippen molar-refractivity contribution < 1.29 is 14.7 Å². The summed E-state index contributed by atoms with van der Waals surface area (Å²) in [6.45, 7) is 1.54. The minimum atomic E-state index is -0.748. The molecule has 0 bridgehead atoms. The summed E-state index contributed by atoms with van der Waals surface area (Å²) < 4.78 is 0. The number of hydrogen-bond acceptors (Lipinski definition) is 3. The van der Waals surface area contributed by atoms with Gasteiger partial charge >= 0.3 is 6.03 Å². The Hall–Kier alpha value is -1.30. The molecule has 0 aromatic rings. The van der Waals surface area contributed by atoms with Crippen LogP contribution in [-0.2, 0) is 4.79 Å². The fourth-order valence-electron chi connectivity index (χ4n) is 0.611.